The van der Waals surface area contributed by atoms with Crippen LogP contribution in [0.3, 0.4) is 0 Å². The molecule has 0 radical (unpaired) electrons. The molecule has 2 heterocycles. The molecule has 164 valence electrons. The number of hydrogen-bond acceptors (Lipinski definition) is 4. The Hall–Kier alpha value is -1.62. The lowest BCUT2D eigenvalue weighted by molar-refractivity contribution is -0.189. The van der Waals surface area contributed by atoms with E-state index in [0.717, 1.165) is 0 Å². The van der Waals surface area contributed by atoms with Gasteiger partial charge in [0.2, 0.25) is 5.91 Å². The van der Waals surface area contributed by atoms with Crippen LogP contribution < -0.4 is 5.32 Å². The number of aromatic nitrogens is 2. The zero-order chi connectivity index (χ0) is 21.4. The summed E-state index contributed by atoms with van der Waals surface area (Å²) in [5.74, 6) is -1.82. The topological polar surface area (TPSA) is 84.3 Å². The number of imidazole rings is 1. The second kappa shape index (κ2) is 8.25. The van der Waals surface area contributed by atoms with E-state index in [4.69, 9.17) is 0 Å². The van der Waals surface area contributed by atoms with Gasteiger partial charge < -0.3 is 9.88 Å². The molecule has 1 aromatic rings. The maximum Gasteiger partial charge on any atom is 0.393 e. The van der Waals surface area contributed by atoms with Gasteiger partial charge in [-0.1, -0.05) is 12.8 Å². The van der Waals surface area contributed by atoms with Gasteiger partial charge >= 0.3 is 6.18 Å². The van der Waals surface area contributed by atoms with E-state index >= 15 is 0 Å². The minimum Gasteiger partial charge on any atom is -0.353 e. The molecule has 2 unspecified atom stereocenters. The zero-order valence-corrected chi connectivity index (χ0v) is 17.4. The SMILES string of the molecule is Cc1nc(S(=O)(=O)N2CCC(C(=O)NC3CCCCC3C(F)(F)F)CC2)cn1C. The van der Waals surface area contributed by atoms with Crippen molar-refractivity contribution in [2.45, 2.75) is 62.7 Å². The van der Waals surface area contributed by atoms with Crippen LogP contribution in [0, 0.1) is 18.8 Å². The molecule has 1 N–H and O–H groups in total. The summed E-state index contributed by atoms with van der Waals surface area (Å²) in [6.07, 6.45) is -0.782. The van der Waals surface area contributed by atoms with Crippen molar-refractivity contribution in [2.75, 3.05) is 13.1 Å². The predicted molar refractivity (Wildman–Crippen MR) is 99.4 cm³/mol. The summed E-state index contributed by atoms with van der Waals surface area (Å²) in [4.78, 5) is 16.6. The monoisotopic (exact) mass is 436 g/mol. The number of nitrogens with zero attached hydrogens (tertiary/aromatic N) is 3. The quantitative estimate of drug-likeness (QED) is 0.786. The van der Waals surface area contributed by atoms with Crippen LogP contribution in [-0.4, -0.2) is 53.5 Å². The minimum atomic E-state index is -4.32. The van der Waals surface area contributed by atoms with Crippen molar-refractivity contribution in [2.24, 2.45) is 18.9 Å². The Morgan fingerprint density at radius 2 is 1.79 bits per heavy atom. The van der Waals surface area contributed by atoms with E-state index in [-0.39, 0.29) is 37.4 Å². The summed E-state index contributed by atoms with van der Waals surface area (Å²) in [6, 6.07) is -0.894. The first-order chi connectivity index (χ1) is 13.5. The highest BCUT2D eigenvalue weighted by Crippen LogP contribution is 2.38. The highest BCUT2D eigenvalue weighted by atomic mass is 32.2. The fourth-order valence-corrected chi connectivity index (χ4v) is 5.63. The highest BCUT2D eigenvalue weighted by molar-refractivity contribution is 7.89. The number of alkyl halides is 3. The lowest BCUT2D eigenvalue weighted by Gasteiger charge is -2.35. The zero-order valence-electron chi connectivity index (χ0n) is 16.6. The number of aryl methyl sites for hydroxylation is 2. The first-order valence-electron chi connectivity index (χ1n) is 9.87. The van der Waals surface area contributed by atoms with Crippen LogP contribution in [0.1, 0.15) is 44.3 Å². The molecule has 29 heavy (non-hydrogen) atoms. The molecule has 2 atom stereocenters. The lowest BCUT2D eigenvalue weighted by atomic mass is 9.83. The van der Waals surface area contributed by atoms with Gasteiger partial charge in [0.1, 0.15) is 5.82 Å². The Kier molecular flexibility index (Phi) is 6.28. The normalized spacial score (nSPS) is 25.1. The van der Waals surface area contributed by atoms with Crippen molar-refractivity contribution in [3.63, 3.8) is 0 Å². The van der Waals surface area contributed by atoms with Crippen molar-refractivity contribution >= 4 is 15.9 Å². The molecule has 3 rings (SSSR count). The Morgan fingerprint density at radius 3 is 2.34 bits per heavy atom. The largest absolute Gasteiger partial charge is 0.393 e. The molecule has 7 nitrogen and oxygen atoms in total. The fourth-order valence-electron chi connectivity index (χ4n) is 4.14. The Morgan fingerprint density at radius 1 is 1.17 bits per heavy atom. The summed E-state index contributed by atoms with van der Waals surface area (Å²) in [6.45, 7) is 1.99. The van der Waals surface area contributed by atoms with Gasteiger partial charge in [-0.25, -0.2) is 13.4 Å². The third kappa shape index (κ3) is 4.76. The molecule has 1 aliphatic heterocycles. The smallest absolute Gasteiger partial charge is 0.353 e. The van der Waals surface area contributed by atoms with E-state index in [1.807, 2.05) is 0 Å². The van der Waals surface area contributed by atoms with Crippen LogP contribution in [0.4, 0.5) is 13.2 Å². The minimum absolute atomic E-state index is 0.0318. The number of hydrogen-bond donors (Lipinski definition) is 1. The summed E-state index contributed by atoms with van der Waals surface area (Å²) in [5.41, 5.74) is 0. The third-order valence-electron chi connectivity index (χ3n) is 6.03. The number of amides is 1. The standard InChI is InChI=1S/C18H27F3N4O3S/c1-12-22-16(11-24(12)2)29(27,28)25-9-7-13(8-10-25)17(26)23-15-6-4-3-5-14(15)18(19,20)21/h11,13-15H,3-10H2,1-2H3,(H,23,26). The van der Waals surface area contributed by atoms with Crippen LogP contribution in [0.25, 0.3) is 0 Å². The van der Waals surface area contributed by atoms with Gasteiger partial charge in [-0.2, -0.15) is 17.5 Å². The van der Waals surface area contributed by atoms with E-state index in [0.29, 0.717) is 25.1 Å². The van der Waals surface area contributed by atoms with Crippen molar-refractivity contribution in [3.05, 3.63) is 12.0 Å². The first kappa shape index (κ1) is 22.1. The molecule has 0 spiro atoms. The maximum absolute atomic E-state index is 13.2. The van der Waals surface area contributed by atoms with Crippen LogP contribution in [0.2, 0.25) is 0 Å². The first-order valence-corrected chi connectivity index (χ1v) is 11.3. The van der Waals surface area contributed by atoms with Crippen molar-refractivity contribution in [3.8, 4) is 0 Å². The van der Waals surface area contributed by atoms with Crippen LogP contribution in [0.5, 0.6) is 0 Å². The second-order valence-electron chi connectivity index (χ2n) is 7.96. The average molecular weight is 437 g/mol. The molecule has 11 heteroatoms. The van der Waals surface area contributed by atoms with Crippen LogP contribution >= 0.6 is 0 Å². The van der Waals surface area contributed by atoms with Gasteiger partial charge in [0.15, 0.2) is 5.03 Å². The molecule has 1 saturated carbocycles. The summed E-state index contributed by atoms with van der Waals surface area (Å²) < 4.78 is 68.0. The van der Waals surface area contributed by atoms with Gasteiger partial charge in [0, 0.05) is 38.3 Å². The highest BCUT2D eigenvalue weighted by Gasteiger charge is 2.46. The van der Waals surface area contributed by atoms with E-state index in [9.17, 15) is 26.4 Å². The van der Waals surface area contributed by atoms with Gasteiger partial charge in [0.25, 0.3) is 10.0 Å². The Balaban J connectivity index is 1.59. The lowest BCUT2D eigenvalue weighted by Crippen LogP contribution is -2.51. The second-order valence-corrected chi connectivity index (χ2v) is 9.85. The predicted octanol–water partition coefficient (Wildman–Crippen LogP) is 2.37. The van der Waals surface area contributed by atoms with E-state index in [2.05, 4.69) is 10.3 Å². The number of carbonyl (C=O) groups is 1. The van der Waals surface area contributed by atoms with E-state index < -0.39 is 40.0 Å². The van der Waals surface area contributed by atoms with Gasteiger partial charge in [-0.05, 0) is 32.6 Å². The molecule has 0 bridgehead atoms. The Labute approximate surface area is 168 Å². The third-order valence-corrected chi connectivity index (χ3v) is 7.80. The van der Waals surface area contributed by atoms with Crippen molar-refractivity contribution in [1.29, 1.82) is 0 Å². The van der Waals surface area contributed by atoms with Gasteiger partial charge in [-0.3, -0.25) is 4.79 Å². The number of nitrogens with one attached hydrogen (secondary N) is 1. The molecular weight excluding hydrogens is 409 g/mol. The number of rotatable bonds is 4. The summed E-state index contributed by atoms with van der Waals surface area (Å²) in [5, 5.41) is 2.57. The average Bonchev–Trinajstić information content (AvgIpc) is 3.01. The van der Waals surface area contributed by atoms with Crippen molar-refractivity contribution < 1.29 is 26.4 Å². The van der Waals surface area contributed by atoms with E-state index in [1.165, 1.54) is 10.5 Å². The molecule has 1 aromatic heterocycles. The summed E-state index contributed by atoms with van der Waals surface area (Å²) >= 11 is 0. The molecule has 1 saturated heterocycles. The maximum atomic E-state index is 13.2. The van der Waals surface area contributed by atoms with Crippen LogP contribution in [0.15, 0.2) is 11.2 Å². The Bertz CT molecular complexity index is 826. The van der Waals surface area contributed by atoms with Crippen LogP contribution in [-0.2, 0) is 21.9 Å². The number of sulfonamides is 1. The molecule has 0 aromatic carbocycles. The summed E-state index contributed by atoms with van der Waals surface area (Å²) in [7, 11) is -2.04. The molecule has 2 aliphatic rings. The van der Waals surface area contributed by atoms with Gasteiger partial charge in [0.05, 0.1) is 5.92 Å². The number of piperidine rings is 1. The molecule has 1 aliphatic carbocycles. The number of halogens is 3. The van der Waals surface area contributed by atoms with Gasteiger partial charge in [-0.15, -0.1) is 0 Å². The molecular formula is C18H27F3N4O3S. The molecule has 1 amide bonds. The van der Waals surface area contributed by atoms with Crippen molar-refractivity contribution in [1.82, 2.24) is 19.2 Å². The molecule has 2 fully saturated rings. The fraction of sp³-hybridized carbons (Fsp3) is 0.778. The van der Waals surface area contributed by atoms with E-state index in [1.54, 1.807) is 18.5 Å². The number of carbonyl (C=O) groups excluding carboxylic acids is 1.